The Hall–Kier alpha value is -2.32. The summed E-state index contributed by atoms with van der Waals surface area (Å²) in [6, 6.07) is 8.13. The average molecular weight is 506 g/mol. The van der Waals surface area contributed by atoms with E-state index in [0.29, 0.717) is 43.5 Å². The van der Waals surface area contributed by atoms with E-state index in [1.54, 1.807) is 18.2 Å². The number of aliphatic carboxylic acids is 1. The van der Waals surface area contributed by atoms with E-state index >= 15 is 0 Å². The Kier molecular flexibility index (Phi) is 6.94. The molecule has 0 aromatic heterocycles. The van der Waals surface area contributed by atoms with E-state index in [2.05, 4.69) is 11.8 Å². The van der Waals surface area contributed by atoms with E-state index < -0.39 is 29.7 Å². The highest BCUT2D eigenvalue weighted by molar-refractivity contribution is 5.89. The van der Waals surface area contributed by atoms with E-state index in [4.69, 9.17) is 4.74 Å². The van der Waals surface area contributed by atoms with Crippen molar-refractivity contribution in [1.29, 1.82) is 0 Å². The van der Waals surface area contributed by atoms with E-state index in [0.717, 1.165) is 31.2 Å². The summed E-state index contributed by atoms with van der Waals surface area (Å²) in [5.41, 5.74) is 0.165. The van der Waals surface area contributed by atoms with Gasteiger partial charge >= 0.3 is 12.1 Å². The van der Waals surface area contributed by atoms with Crippen LogP contribution in [0.1, 0.15) is 69.4 Å². The smallest absolute Gasteiger partial charge is 0.420 e. The predicted octanol–water partition coefficient (Wildman–Crippen LogP) is 6.00. The number of fused-ring (bicyclic) bond motifs is 3. The molecule has 3 aliphatic rings. The third kappa shape index (κ3) is 5.21. The lowest BCUT2D eigenvalue weighted by Crippen LogP contribution is -2.55. The fourth-order valence-corrected chi connectivity index (χ4v) is 6.56. The summed E-state index contributed by atoms with van der Waals surface area (Å²) in [6.45, 7) is 2.68. The molecule has 2 aromatic rings. The summed E-state index contributed by atoms with van der Waals surface area (Å²) in [5, 5.41) is 20.4. The molecule has 2 bridgehead atoms. The van der Waals surface area contributed by atoms with Crippen molar-refractivity contribution < 1.29 is 32.9 Å². The quantitative estimate of drug-likeness (QED) is 0.521. The predicted molar refractivity (Wildman–Crippen MR) is 130 cm³/mol. The van der Waals surface area contributed by atoms with Gasteiger partial charge in [-0.05, 0) is 85.8 Å². The highest BCUT2D eigenvalue weighted by Crippen LogP contribution is 2.43. The lowest BCUT2D eigenvalue weighted by Gasteiger charge is -2.49. The molecule has 36 heavy (non-hydrogen) atoms. The maximum Gasteiger partial charge on any atom is 0.420 e. The normalized spacial score (nSPS) is 31.4. The number of aliphatic hydroxyl groups excluding tert-OH is 1. The zero-order valence-corrected chi connectivity index (χ0v) is 20.5. The third-order valence-corrected chi connectivity index (χ3v) is 8.44. The van der Waals surface area contributed by atoms with Crippen LogP contribution in [0.3, 0.4) is 0 Å². The van der Waals surface area contributed by atoms with Crippen molar-refractivity contribution in [1.82, 2.24) is 4.90 Å². The van der Waals surface area contributed by atoms with Gasteiger partial charge in [0.15, 0.2) is 0 Å². The topological polar surface area (TPSA) is 70.0 Å². The van der Waals surface area contributed by atoms with Crippen LogP contribution in [0, 0.1) is 11.8 Å². The van der Waals surface area contributed by atoms with Gasteiger partial charge in [-0.15, -0.1) is 0 Å². The molecule has 1 aliphatic carbocycles. The first-order chi connectivity index (χ1) is 17.1. The van der Waals surface area contributed by atoms with Crippen molar-refractivity contribution in [3.63, 3.8) is 0 Å². The monoisotopic (exact) mass is 505 g/mol. The number of hydrogen-bond donors (Lipinski definition) is 2. The molecule has 0 radical (unpaired) electrons. The van der Waals surface area contributed by atoms with Crippen LogP contribution in [0.25, 0.3) is 10.8 Å². The number of piperidine rings is 2. The molecule has 0 amide bonds. The van der Waals surface area contributed by atoms with Crippen LogP contribution in [-0.2, 0) is 17.5 Å². The molecule has 5 rings (SSSR count). The lowest BCUT2D eigenvalue weighted by molar-refractivity contribution is -0.148. The summed E-state index contributed by atoms with van der Waals surface area (Å²) < 4.78 is 48.5. The van der Waals surface area contributed by atoms with Gasteiger partial charge < -0.3 is 14.9 Å². The Balaban J connectivity index is 1.40. The molecule has 2 aliphatic heterocycles. The van der Waals surface area contributed by atoms with Crippen molar-refractivity contribution in [3.8, 4) is 5.75 Å². The van der Waals surface area contributed by atoms with Crippen molar-refractivity contribution in [2.24, 2.45) is 11.8 Å². The van der Waals surface area contributed by atoms with Crippen LogP contribution in [0.5, 0.6) is 5.75 Å². The number of alkyl halides is 3. The average Bonchev–Trinajstić information content (AvgIpc) is 2.80. The SMILES string of the molecule is C[C@H]1CC[C@@H](Oc2ccc3cc(CN4C5CC(O)CC4CC(C(=O)O)C5)ccc3c2C(F)(F)F)CC1. The van der Waals surface area contributed by atoms with Crippen molar-refractivity contribution in [2.75, 3.05) is 0 Å². The minimum Gasteiger partial charge on any atom is -0.490 e. The number of carbonyl (C=O) groups is 1. The number of benzene rings is 2. The number of carboxylic acids is 1. The van der Waals surface area contributed by atoms with Gasteiger partial charge in [0.05, 0.1) is 18.1 Å². The van der Waals surface area contributed by atoms with Crippen LogP contribution in [0.2, 0.25) is 0 Å². The maximum atomic E-state index is 14.2. The standard InChI is InChI=1S/C28H34F3NO4/c1-16-2-6-23(7-3-16)36-25-9-5-18-10-17(4-8-24(18)26(25)28(29,30)31)15-32-20-11-19(27(34)35)12-21(32)14-22(33)13-20/h4-5,8-10,16,19-23,33H,2-3,6-7,11-15H2,1H3,(H,34,35)/t16-,19?,20?,21?,22?,23+. The molecule has 1 saturated carbocycles. The van der Waals surface area contributed by atoms with E-state index in [-0.39, 0.29) is 29.3 Å². The number of hydrogen-bond acceptors (Lipinski definition) is 4. The first-order valence-electron chi connectivity index (χ1n) is 13.0. The summed E-state index contributed by atoms with van der Waals surface area (Å²) in [5.74, 6) is -0.728. The molecule has 3 fully saturated rings. The number of rotatable bonds is 5. The van der Waals surface area contributed by atoms with Gasteiger partial charge in [0, 0.05) is 18.6 Å². The molecular weight excluding hydrogens is 471 g/mol. The van der Waals surface area contributed by atoms with Gasteiger partial charge in [-0.3, -0.25) is 9.69 Å². The molecule has 2 saturated heterocycles. The molecule has 2 N–H and O–H groups in total. The number of nitrogens with zero attached hydrogens (tertiary/aromatic N) is 1. The van der Waals surface area contributed by atoms with E-state index in [9.17, 15) is 28.2 Å². The molecule has 5 nitrogen and oxygen atoms in total. The zero-order valence-electron chi connectivity index (χ0n) is 20.5. The highest BCUT2D eigenvalue weighted by atomic mass is 19.4. The summed E-state index contributed by atoms with van der Waals surface area (Å²) >= 11 is 0. The fourth-order valence-electron chi connectivity index (χ4n) is 6.56. The summed E-state index contributed by atoms with van der Waals surface area (Å²) in [6.07, 6.45) is 0.298. The number of aliphatic hydroxyl groups is 1. The minimum absolute atomic E-state index is 0.0518. The third-order valence-electron chi connectivity index (χ3n) is 8.44. The van der Waals surface area contributed by atoms with Crippen molar-refractivity contribution >= 4 is 16.7 Å². The van der Waals surface area contributed by atoms with Crippen LogP contribution >= 0.6 is 0 Å². The minimum atomic E-state index is -4.54. The first kappa shape index (κ1) is 25.3. The molecule has 196 valence electrons. The van der Waals surface area contributed by atoms with Crippen molar-refractivity contribution in [2.45, 2.75) is 95.3 Å². The number of ether oxygens (including phenoxy) is 1. The molecule has 8 heteroatoms. The Morgan fingerprint density at radius 3 is 2.31 bits per heavy atom. The highest BCUT2D eigenvalue weighted by Gasteiger charge is 2.43. The van der Waals surface area contributed by atoms with Gasteiger partial charge in [-0.2, -0.15) is 13.2 Å². The Morgan fingerprint density at radius 2 is 1.69 bits per heavy atom. The van der Waals surface area contributed by atoms with E-state index in [1.807, 2.05) is 0 Å². The fraction of sp³-hybridized carbons (Fsp3) is 0.607. The van der Waals surface area contributed by atoms with Gasteiger partial charge in [-0.1, -0.05) is 25.1 Å². The van der Waals surface area contributed by atoms with E-state index in [1.165, 1.54) is 12.1 Å². The van der Waals surface area contributed by atoms with Crippen LogP contribution in [0.15, 0.2) is 30.3 Å². The number of carboxylic acid groups (broad SMARTS) is 1. The van der Waals surface area contributed by atoms with Gasteiger partial charge in [-0.25, -0.2) is 0 Å². The molecule has 2 heterocycles. The first-order valence-corrected chi connectivity index (χ1v) is 13.0. The second-order valence-electron chi connectivity index (χ2n) is 11.1. The second kappa shape index (κ2) is 9.86. The van der Waals surface area contributed by atoms with Crippen LogP contribution < -0.4 is 4.74 Å². The van der Waals surface area contributed by atoms with Gasteiger partial charge in [0.1, 0.15) is 11.3 Å². The molecular formula is C28H34F3NO4. The Bertz CT molecular complexity index is 1100. The summed E-state index contributed by atoms with van der Waals surface area (Å²) in [4.78, 5) is 13.8. The largest absolute Gasteiger partial charge is 0.490 e. The molecule has 2 atom stereocenters. The second-order valence-corrected chi connectivity index (χ2v) is 11.1. The van der Waals surface area contributed by atoms with Gasteiger partial charge in [0.25, 0.3) is 0 Å². The maximum absolute atomic E-state index is 14.2. The Labute approximate surface area is 209 Å². The van der Waals surface area contributed by atoms with Crippen molar-refractivity contribution in [3.05, 3.63) is 41.5 Å². The number of halogens is 3. The molecule has 2 unspecified atom stereocenters. The zero-order chi connectivity index (χ0) is 25.6. The van der Waals surface area contributed by atoms with Crippen LogP contribution in [-0.4, -0.2) is 45.4 Å². The van der Waals surface area contributed by atoms with Gasteiger partial charge in [0.2, 0.25) is 0 Å². The molecule has 0 spiro atoms. The lowest BCUT2D eigenvalue weighted by atomic mass is 9.77. The summed E-state index contributed by atoms with van der Waals surface area (Å²) in [7, 11) is 0. The van der Waals surface area contributed by atoms with Crippen LogP contribution in [0.4, 0.5) is 13.2 Å². The molecule has 2 aromatic carbocycles. The Morgan fingerprint density at radius 1 is 1.03 bits per heavy atom.